The molecule has 2 rings (SSSR count). The predicted molar refractivity (Wildman–Crippen MR) is 43.4 cm³/mol. The van der Waals surface area contributed by atoms with E-state index in [-0.39, 0.29) is 0 Å². The lowest BCUT2D eigenvalue weighted by atomic mass is 9.94. The van der Waals surface area contributed by atoms with Crippen LogP contribution in [0.2, 0.25) is 0 Å². The second-order valence-electron chi connectivity index (χ2n) is 3.63. The van der Waals surface area contributed by atoms with Crippen LogP contribution in [0.5, 0.6) is 0 Å². The van der Waals surface area contributed by atoms with Crippen molar-refractivity contribution < 1.29 is 0 Å². The first-order valence-electron chi connectivity index (χ1n) is 4.20. The number of hydrogen-bond donors (Lipinski definition) is 1. The normalized spacial score (nSPS) is 45.9. The van der Waals surface area contributed by atoms with Gasteiger partial charge in [-0.15, -0.1) is 11.6 Å². The Bertz CT molecular complexity index is 114. The number of halogens is 1. The van der Waals surface area contributed by atoms with Crippen LogP contribution in [0.1, 0.15) is 25.7 Å². The molecule has 0 aromatic rings. The number of rotatable bonds is 1. The molecule has 2 saturated heterocycles. The van der Waals surface area contributed by atoms with E-state index in [2.05, 4.69) is 5.32 Å². The molecule has 1 unspecified atom stereocenters. The van der Waals surface area contributed by atoms with Crippen molar-refractivity contribution in [3.8, 4) is 0 Å². The zero-order chi connectivity index (χ0) is 6.97. The van der Waals surface area contributed by atoms with Crippen molar-refractivity contribution in [3.05, 3.63) is 0 Å². The molecule has 0 aromatic heterocycles. The molecule has 0 aliphatic carbocycles. The monoisotopic (exact) mass is 159 g/mol. The SMILES string of the molecule is ClCC1C[C@H]2CC[C@@H](C1)N2. The summed E-state index contributed by atoms with van der Waals surface area (Å²) in [4.78, 5) is 0. The number of nitrogens with one attached hydrogen (secondary N) is 1. The van der Waals surface area contributed by atoms with E-state index >= 15 is 0 Å². The third-order valence-electron chi connectivity index (χ3n) is 2.79. The molecule has 2 fully saturated rings. The van der Waals surface area contributed by atoms with E-state index in [0.29, 0.717) is 0 Å². The maximum atomic E-state index is 5.81. The Morgan fingerprint density at radius 2 is 1.80 bits per heavy atom. The van der Waals surface area contributed by atoms with Gasteiger partial charge in [-0.05, 0) is 31.6 Å². The quantitative estimate of drug-likeness (QED) is 0.575. The molecular formula is C8H14ClN. The molecule has 0 saturated carbocycles. The van der Waals surface area contributed by atoms with Crippen molar-refractivity contribution in [3.63, 3.8) is 0 Å². The largest absolute Gasteiger partial charge is 0.311 e. The van der Waals surface area contributed by atoms with Gasteiger partial charge in [0.1, 0.15) is 0 Å². The minimum absolute atomic E-state index is 0.806. The first kappa shape index (κ1) is 6.93. The van der Waals surface area contributed by atoms with Gasteiger partial charge in [0.15, 0.2) is 0 Å². The lowest BCUT2D eigenvalue weighted by Gasteiger charge is -2.27. The molecule has 0 amide bonds. The average molecular weight is 160 g/mol. The van der Waals surface area contributed by atoms with Crippen LogP contribution < -0.4 is 5.32 Å². The van der Waals surface area contributed by atoms with Crippen LogP contribution in [-0.4, -0.2) is 18.0 Å². The lowest BCUT2D eigenvalue weighted by Crippen LogP contribution is -2.38. The fourth-order valence-corrected chi connectivity index (χ4v) is 2.55. The second-order valence-corrected chi connectivity index (χ2v) is 3.94. The summed E-state index contributed by atoms with van der Waals surface area (Å²) in [5, 5.41) is 3.60. The lowest BCUT2D eigenvalue weighted by molar-refractivity contribution is 0.322. The molecule has 1 N–H and O–H groups in total. The van der Waals surface area contributed by atoms with Crippen molar-refractivity contribution >= 4 is 11.6 Å². The number of fused-ring (bicyclic) bond motifs is 2. The minimum atomic E-state index is 0.806. The maximum Gasteiger partial charge on any atom is 0.0252 e. The van der Waals surface area contributed by atoms with E-state index in [1.54, 1.807) is 0 Å². The van der Waals surface area contributed by atoms with Crippen LogP contribution in [0, 0.1) is 5.92 Å². The summed E-state index contributed by atoms with van der Waals surface area (Å²) < 4.78 is 0. The standard InChI is InChI=1S/C8H14ClN/c9-5-6-3-7-1-2-8(4-6)10-7/h6-8,10H,1-5H2/t6?,7-,8+. The minimum Gasteiger partial charge on any atom is -0.311 e. The summed E-state index contributed by atoms with van der Waals surface area (Å²) >= 11 is 5.81. The van der Waals surface area contributed by atoms with E-state index in [9.17, 15) is 0 Å². The van der Waals surface area contributed by atoms with E-state index < -0.39 is 0 Å². The van der Waals surface area contributed by atoms with Crippen LogP contribution >= 0.6 is 11.6 Å². The summed E-state index contributed by atoms with van der Waals surface area (Å²) in [5.74, 6) is 1.68. The van der Waals surface area contributed by atoms with Gasteiger partial charge in [0.05, 0.1) is 0 Å². The Morgan fingerprint density at radius 1 is 1.20 bits per heavy atom. The first-order chi connectivity index (χ1) is 4.88. The van der Waals surface area contributed by atoms with Crippen molar-refractivity contribution in [2.45, 2.75) is 37.8 Å². The fourth-order valence-electron chi connectivity index (χ4n) is 2.30. The summed E-state index contributed by atoms with van der Waals surface area (Å²) in [6.45, 7) is 0. The van der Waals surface area contributed by atoms with E-state index in [4.69, 9.17) is 11.6 Å². The third kappa shape index (κ3) is 1.17. The van der Waals surface area contributed by atoms with Gasteiger partial charge in [0.2, 0.25) is 0 Å². The Balaban J connectivity index is 1.96. The zero-order valence-electron chi connectivity index (χ0n) is 6.15. The van der Waals surface area contributed by atoms with Gasteiger partial charge in [0.25, 0.3) is 0 Å². The van der Waals surface area contributed by atoms with Gasteiger partial charge in [-0.3, -0.25) is 0 Å². The summed E-state index contributed by atoms with van der Waals surface area (Å²) in [6.07, 6.45) is 5.41. The molecule has 2 heterocycles. The van der Waals surface area contributed by atoms with Gasteiger partial charge < -0.3 is 5.32 Å². The van der Waals surface area contributed by atoms with Gasteiger partial charge in [0, 0.05) is 18.0 Å². The Hall–Kier alpha value is 0.250. The first-order valence-corrected chi connectivity index (χ1v) is 4.74. The topological polar surface area (TPSA) is 12.0 Å². The zero-order valence-corrected chi connectivity index (χ0v) is 6.90. The molecule has 0 radical (unpaired) electrons. The smallest absolute Gasteiger partial charge is 0.0252 e. The van der Waals surface area contributed by atoms with Crippen LogP contribution in [0.15, 0.2) is 0 Å². The molecule has 2 aliphatic heterocycles. The molecule has 0 spiro atoms. The average Bonchev–Trinajstić information content (AvgIpc) is 2.30. The molecule has 10 heavy (non-hydrogen) atoms. The van der Waals surface area contributed by atoms with Crippen LogP contribution in [-0.2, 0) is 0 Å². The fraction of sp³-hybridized carbons (Fsp3) is 1.00. The molecule has 1 nitrogen and oxygen atoms in total. The van der Waals surface area contributed by atoms with E-state index in [1.807, 2.05) is 0 Å². The summed E-state index contributed by atoms with van der Waals surface area (Å²) in [6, 6.07) is 1.62. The van der Waals surface area contributed by atoms with Gasteiger partial charge in [-0.2, -0.15) is 0 Å². The highest BCUT2D eigenvalue weighted by Crippen LogP contribution is 2.31. The van der Waals surface area contributed by atoms with Crippen molar-refractivity contribution in [2.24, 2.45) is 5.92 Å². The number of alkyl halides is 1. The van der Waals surface area contributed by atoms with Crippen molar-refractivity contribution in [2.75, 3.05) is 5.88 Å². The highest BCUT2D eigenvalue weighted by molar-refractivity contribution is 6.18. The van der Waals surface area contributed by atoms with Crippen LogP contribution in [0.3, 0.4) is 0 Å². The van der Waals surface area contributed by atoms with Gasteiger partial charge in [-0.1, -0.05) is 0 Å². The van der Waals surface area contributed by atoms with E-state index in [1.165, 1.54) is 25.7 Å². The van der Waals surface area contributed by atoms with Crippen LogP contribution in [0.4, 0.5) is 0 Å². The molecule has 58 valence electrons. The molecular weight excluding hydrogens is 146 g/mol. The maximum absolute atomic E-state index is 5.81. The summed E-state index contributed by atoms with van der Waals surface area (Å²) in [5.41, 5.74) is 0. The third-order valence-corrected chi connectivity index (χ3v) is 3.23. The van der Waals surface area contributed by atoms with E-state index in [0.717, 1.165) is 23.9 Å². The predicted octanol–water partition coefficient (Wildman–Crippen LogP) is 1.76. The van der Waals surface area contributed by atoms with Gasteiger partial charge >= 0.3 is 0 Å². The Morgan fingerprint density at radius 3 is 2.30 bits per heavy atom. The summed E-state index contributed by atoms with van der Waals surface area (Å²) in [7, 11) is 0. The Kier molecular flexibility index (Phi) is 1.88. The molecule has 0 aromatic carbocycles. The van der Waals surface area contributed by atoms with Crippen molar-refractivity contribution in [1.29, 1.82) is 0 Å². The highest BCUT2D eigenvalue weighted by Gasteiger charge is 2.32. The second kappa shape index (κ2) is 2.71. The van der Waals surface area contributed by atoms with Gasteiger partial charge in [-0.25, -0.2) is 0 Å². The molecule has 3 atom stereocenters. The molecule has 2 aliphatic rings. The highest BCUT2D eigenvalue weighted by atomic mass is 35.5. The molecule has 2 heteroatoms. The molecule has 2 bridgehead atoms. The number of piperidine rings is 1. The van der Waals surface area contributed by atoms with Crippen LogP contribution in [0.25, 0.3) is 0 Å². The Labute approximate surface area is 67.1 Å². The van der Waals surface area contributed by atoms with Crippen molar-refractivity contribution in [1.82, 2.24) is 5.32 Å². The number of hydrogen-bond acceptors (Lipinski definition) is 1.